The van der Waals surface area contributed by atoms with Gasteiger partial charge in [-0.3, -0.25) is 0 Å². The Kier molecular flexibility index (Phi) is 6.39. The fraction of sp³-hybridized carbons (Fsp3) is 0.500. The maximum Gasteiger partial charge on any atom is 0.243 e. The summed E-state index contributed by atoms with van der Waals surface area (Å²) in [6, 6.07) is 4.33. The number of nitro groups is 2. The normalized spacial score (nSPS) is 11.4. The lowest BCUT2D eigenvalue weighted by Gasteiger charge is -2.21. The summed E-state index contributed by atoms with van der Waals surface area (Å²) >= 11 is 0. The van der Waals surface area contributed by atoms with E-state index in [9.17, 15) is 28.6 Å². The zero-order valence-electron chi connectivity index (χ0n) is 12.8. The van der Waals surface area contributed by atoms with E-state index in [4.69, 9.17) is 0 Å². The van der Waals surface area contributed by atoms with E-state index in [1.54, 1.807) is 0 Å². The Balaban J connectivity index is 3.16. The lowest BCUT2D eigenvalue weighted by Crippen LogP contribution is -2.35. The molecule has 128 valence electrons. The first-order chi connectivity index (χ1) is 10.8. The van der Waals surface area contributed by atoms with Crippen molar-refractivity contribution in [3.8, 4) is 0 Å². The molecular weight excluding hydrogens is 328 g/mol. The van der Waals surface area contributed by atoms with E-state index < -0.39 is 20.1 Å². The summed E-state index contributed by atoms with van der Waals surface area (Å²) in [7, 11) is -3.73. The van der Waals surface area contributed by atoms with Gasteiger partial charge in [0.2, 0.25) is 20.1 Å². The number of sulfonamides is 1. The van der Waals surface area contributed by atoms with Gasteiger partial charge >= 0.3 is 0 Å². The highest BCUT2D eigenvalue weighted by Gasteiger charge is 2.31. The van der Waals surface area contributed by atoms with E-state index in [2.05, 4.69) is 0 Å². The van der Waals surface area contributed by atoms with Gasteiger partial charge in [0.15, 0.2) is 10.8 Å². The van der Waals surface area contributed by atoms with Crippen LogP contribution in [0.25, 0.3) is 0 Å². The van der Waals surface area contributed by atoms with Crippen LogP contribution in [0.1, 0.15) is 26.7 Å². The molecule has 1 aromatic rings. The van der Waals surface area contributed by atoms with Gasteiger partial charge in [-0.25, -0.2) is 28.6 Å². The molecule has 0 aromatic heterocycles. The van der Waals surface area contributed by atoms with Gasteiger partial charge in [-0.15, -0.1) is 0 Å². The first-order valence-corrected chi connectivity index (χ1v) is 8.38. The molecule has 0 heterocycles. The summed E-state index contributed by atoms with van der Waals surface area (Å²) in [6.07, 6.45) is 1.29. The van der Waals surface area contributed by atoms with Crippen molar-refractivity contribution in [1.29, 1.82) is 0 Å². The molecule has 0 saturated heterocycles. The summed E-state index contributed by atoms with van der Waals surface area (Å²) in [5, 5.41) is 18.7. The molecular formula is C12H18N4O6S. The Hall–Kier alpha value is -2.27. The SMILES string of the molecule is CCCN(CCC)S(=O)(=O)c1ccc(N([N+](=O)[O-])[N+](=O)[O-])cc1. The Morgan fingerprint density at radius 3 is 1.74 bits per heavy atom. The van der Waals surface area contributed by atoms with Gasteiger partial charge in [-0.1, -0.05) is 13.8 Å². The molecule has 0 amide bonds. The molecule has 1 rings (SSSR count). The quantitative estimate of drug-likeness (QED) is 0.491. The van der Waals surface area contributed by atoms with Gasteiger partial charge in [-0.05, 0) is 37.1 Å². The molecule has 0 unspecified atom stereocenters. The zero-order valence-corrected chi connectivity index (χ0v) is 13.6. The van der Waals surface area contributed by atoms with Crippen molar-refractivity contribution in [2.24, 2.45) is 0 Å². The van der Waals surface area contributed by atoms with Gasteiger partial charge in [0.05, 0.1) is 4.90 Å². The minimum Gasteiger partial charge on any atom is -0.230 e. The van der Waals surface area contributed by atoms with Crippen LogP contribution in [0.15, 0.2) is 29.2 Å². The van der Waals surface area contributed by atoms with Gasteiger partial charge in [-0.2, -0.15) is 4.31 Å². The lowest BCUT2D eigenvalue weighted by molar-refractivity contribution is -0.711. The number of hydrogen-bond acceptors (Lipinski definition) is 6. The van der Waals surface area contributed by atoms with Crippen molar-refractivity contribution in [2.75, 3.05) is 18.2 Å². The van der Waals surface area contributed by atoms with E-state index in [0.717, 1.165) is 24.3 Å². The molecule has 0 fully saturated rings. The second-order valence-electron chi connectivity index (χ2n) is 4.66. The molecule has 0 spiro atoms. The van der Waals surface area contributed by atoms with E-state index in [1.807, 2.05) is 13.8 Å². The summed E-state index contributed by atoms with van der Waals surface area (Å²) in [5.74, 6) is 0. The predicted molar refractivity (Wildman–Crippen MR) is 82.3 cm³/mol. The van der Waals surface area contributed by atoms with Crippen LogP contribution >= 0.6 is 0 Å². The smallest absolute Gasteiger partial charge is 0.230 e. The second kappa shape index (κ2) is 7.83. The molecule has 11 heteroatoms. The summed E-state index contributed by atoms with van der Waals surface area (Å²) in [4.78, 5) is 21.3. The van der Waals surface area contributed by atoms with Crippen molar-refractivity contribution < 1.29 is 18.5 Å². The van der Waals surface area contributed by atoms with Crippen LogP contribution < -0.4 is 5.12 Å². The van der Waals surface area contributed by atoms with Crippen molar-refractivity contribution in [3.63, 3.8) is 0 Å². The van der Waals surface area contributed by atoms with E-state index in [-0.39, 0.29) is 15.7 Å². The van der Waals surface area contributed by atoms with Crippen molar-refractivity contribution >= 4 is 15.7 Å². The topological polar surface area (TPSA) is 127 Å². The first-order valence-electron chi connectivity index (χ1n) is 6.94. The van der Waals surface area contributed by atoms with Crippen LogP contribution in [0.5, 0.6) is 0 Å². The number of benzene rings is 1. The molecule has 23 heavy (non-hydrogen) atoms. The highest BCUT2D eigenvalue weighted by molar-refractivity contribution is 7.89. The molecule has 1 aromatic carbocycles. The van der Waals surface area contributed by atoms with Gasteiger partial charge in [0, 0.05) is 13.1 Å². The first kappa shape index (κ1) is 18.8. The van der Waals surface area contributed by atoms with Gasteiger partial charge in [0.25, 0.3) is 0 Å². The Bertz CT molecular complexity index is 641. The molecule has 0 saturated carbocycles. The number of hydrogen-bond donors (Lipinski definition) is 0. The maximum atomic E-state index is 12.5. The lowest BCUT2D eigenvalue weighted by atomic mass is 10.3. The number of rotatable bonds is 9. The average Bonchev–Trinajstić information content (AvgIpc) is 2.47. The van der Waals surface area contributed by atoms with E-state index in [1.165, 1.54) is 4.31 Å². The van der Waals surface area contributed by atoms with Crippen LogP contribution in [-0.2, 0) is 10.0 Å². The minimum atomic E-state index is -3.73. The molecule has 0 bridgehead atoms. The van der Waals surface area contributed by atoms with E-state index in [0.29, 0.717) is 25.9 Å². The molecule has 0 aliphatic carbocycles. The van der Waals surface area contributed by atoms with E-state index >= 15 is 0 Å². The molecule has 0 atom stereocenters. The minimum absolute atomic E-state index is 0.0604. The third-order valence-corrected chi connectivity index (χ3v) is 4.87. The zero-order chi connectivity index (χ0) is 17.6. The molecule has 0 aliphatic heterocycles. The Labute approximate surface area is 133 Å². The molecule has 10 nitrogen and oxygen atoms in total. The number of nitrogens with zero attached hydrogens (tertiary/aromatic N) is 4. The number of hydrazine groups is 2. The third-order valence-electron chi connectivity index (χ3n) is 2.96. The van der Waals surface area contributed by atoms with Gasteiger partial charge < -0.3 is 0 Å². The van der Waals surface area contributed by atoms with Crippen LogP contribution in [0.3, 0.4) is 0 Å². The Morgan fingerprint density at radius 1 is 0.957 bits per heavy atom. The van der Waals surface area contributed by atoms with Crippen LogP contribution in [0.4, 0.5) is 5.69 Å². The predicted octanol–water partition coefficient (Wildman–Crippen LogP) is 1.69. The highest BCUT2D eigenvalue weighted by atomic mass is 32.2. The van der Waals surface area contributed by atoms with Gasteiger partial charge in [0.1, 0.15) is 0 Å². The van der Waals surface area contributed by atoms with Crippen molar-refractivity contribution in [1.82, 2.24) is 4.31 Å². The highest BCUT2D eigenvalue weighted by Crippen LogP contribution is 2.21. The third kappa shape index (κ3) is 4.36. The standard InChI is InChI=1S/C12H18N4O6S/c1-3-9-13(10-4-2)23(21,22)12-7-5-11(6-8-12)14(15(17)18)16(19)20/h5-8H,3-4,9-10H2,1-2H3. The summed E-state index contributed by atoms with van der Waals surface area (Å²) in [6.45, 7) is 4.42. The van der Waals surface area contributed by atoms with Crippen LogP contribution in [0.2, 0.25) is 0 Å². The van der Waals surface area contributed by atoms with Crippen LogP contribution in [0, 0.1) is 20.2 Å². The fourth-order valence-corrected chi connectivity index (χ4v) is 3.62. The van der Waals surface area contributed by atoms with Crippen molar-refractivity contribution in [3.05, 3.63) is 44.5 Å². The Morgan fingerprint density at radius 2 is 1.39 bits per heavy atom. The average molecular weight is 346 g/mol. The summed E-state index contributed by atoms with van der Waals surface area (Å²) in [5.41, 5.74) is -0.337. The molecule has 0 aliphatic rings. The monoisotopic (exact) mass is 346 g/mol. The molecule has 0 radical (unpaired) electrons. The van der Waals surface area contributed by atoms with Crippen LogP contribution in [-0.4, -0.2) is 35.9 Å². The fourth-order valence-electron chi connectivity index (χ4n) is 2.00. The maximum absolute atomic E-state index is 12.5. The number of anilines is 1. The molecule has 0 N–H and O–H groups in total. The van der Waals surface area contributed by atoms with Crippen molar-refractivity contribution in [2.45, 2.75) is 31.6 Å². The largest absolute Gasteiger partial charge is 0.243 e. The summed E-state index contributed by atoms with van der Waals surface area (Å²) < 4.78 is 26.3. The second-order valence-corrected chi connectivity index (χ2v) is 6.60.